The van der Waals surface area contributed by atoms with Gasteiger partial charge in [0.05, 0.1) is 6.42 Å². The minimum atomic E-state index is -0.815. The maximum Gasteiger partial charge on any atom is 0.320 e. The summed E-state index contributed by atoms with van der Waals surface area (Å²) in [6.07, 6.45) is 7.63. The number of amides is 2. The van der Waals surface area contributed by atoms with E-state index in [-0.39, 0.29) is 18.5 Å². The van der Waals surface area contributed by atoms with Crippen LogP contribution in [0.25, 0.3) is 0 Å². The molecule has 1 aliphatic carbocycles. The summed E-state index contributed by atoms with van der Waals surface area (Å²) in [5.41, 5.74) is 0. The molecule has 1 N–H and O–H groups in total. The molecule has 1 atom stereocenters. The number of hydrogen-bond acceptors (Lipinski definition) is 2. The average molecular weight is 268 g/mol. The molecule has 0 radical (unpaired) electrons. The summed E-state index contributed by atoms with van der Waals surface area (Å²) in [7, 11) is 1.87. The van der Waals surface area contributed by atoms with E-state index in [0.29, 0.717) is 12.6 Å². The van der Waals surface area contributed by atoms with Crippen LogP contribution in [-0.2, 0) is 4.79 Å². The zero-order chi connectivity index (χ0) is 13.8. The second-order valence-electron chi connectivity index (χ2n) is 5.77. The number of likely N-dealkylation sites (tertiary alicyclic amines) is 1. The number of aliphatic carboxylic acids is 1. The van der Waals surface area contributed by atoms with Crippen LogP contribution < -0.4 is 0 Å². The maximum absolute atomic E-state index is 12.5. The van der Waals surface area contributed by atoms with Crippen LogP contribution in [0.15, 0.2) is 0 Å². The Morgan fingerprint density at radius 1 is 1.16 bits per heavy atom. The molecular weight excluding hydrogens is 244 g/mol. The van der Waals surface area contributed by atoms with E-state index in [1.165, 1.54) is 19.3 Å². The molecule has 2 rings (SSSR count). The van der Waals surface area contributed by atoms with Gasteiger partial charge >= 0.3 is 12.0 Å². The number of carboxylic acids is 1. The molecule has 0 aromatic rings. The van der Waals surface area contributed by atoms with Crippen molar-refractivity contribution in [1.29, 1.82) is 0 Å². The van der Waals surface area contributed by atoms with Crippen molar-refractivity contribution in [2.45, 2.75) is 63.5 Å². The van der Waals surface area contributed by atoms with E-state index in [0.717, 1.165) is 25.7 Å². The molecule has 1 saturated heterocycles. The fourth-order valence-corrected chi connectivity index (χ4v) is 3.33. The van der Waals surface area contributed by atoms with Gasteiger partial charge in [-0.2, -0.15) is 0 Å². The molecule has 108 valence electrons. The molecule has 2 fully saturated rings. The summed E-state index contributed by atoms with van der Waals surface area (Å²) in [5, 5.41) is 8.91. The quantitative estimate of drug-likeness (QED) is 0.854. The summed E-state index contributed by atoms with van der Waals surface area (Å²) < 4.78 is 0. The lowest BCUT2D eigenvalue weighted by Crippen LogP contribution is -2.48. The van der Waals surface area contributed by atoms with Gasteiger partial charge in [0.25, 0.3) is 0 Å². The van der Waals surface area contributed by atoms with Crippen LogP contribution in [0.2, 0.25) is 0 Å². The van der Waals surface area contributed by atoms with Crippen molar-refractivity contribution in [2.75, 3.05) is 13.6 Å². The zero-order valence-corrected chi connectivity index (χ0v) is 11.7. The first-order valence-corrected chi connectivity index (χ1v) is 7.35. The lowest BCUT2D eigenvalue weighted by Gasteiger charge is -2.35. The predicted octanol–water partition coefficient (Wildman–Crippen LogP) is 2.31. The number of carbonyl (C=O) groups excluding carboxylic acids is 1. The van der Waals surface area contributed by atoms with E-state index in [1.807, 2.05) is 11.9 Å². The van der Waals surface area contributed by atoms with Crippen molar-refractivity contribution in [3.8, 4) is 0 Å². The fourth-order valence-electron chi connectivity index (χ4n) is 3.33. The molecule has 1 aliphatic heterocycles. The molecule has 2 aliphatic rings. The summed E-state index contributed by atoms with van der Waals surface area (Å²) in [4.78, 5) is 27.0. The van der Waals surface area contributed by atoms with Crippen molar-refractivity contribution in [1.82, 2.24) is 9.80 Å². The van der Waals surface area contributed by atoms with E-state index in [2.05, 4.69) is 0 Å². The molecule has 0 aromatic carbocycles. The summed E-state index contributed by atoms with van der Waals surface area (Å²) >= 11 is 0. The van der Waals surface area contributed by atoms with Crippen molar-refractivity contribution >= 4 is 12.0 Å². The van der Waals surface area contributed by atoms with Crippen LogP contribution in [0, 0.1) is 0 Å². The van der Waals surface area contributed by atoms with E-state index < -0.39 is 5.97 Å². The molecule has 0 bridgehead atoms. The molecule has 2 amide bonds. The second kappa shape index (κ2) is 6.26. The van der Waals surface area contributed by atoms with Gasteiger partial charge in [-0.1, -0.05) is 19.3 Å². The number of urea groups is 1. The predicted molar refractivity (Wildman–Crippen MR) is 72.0 cm³/mol. The summed E-state index contributed by atoms with van der Waals surface area (Å²) in [6, 6.07) is 0.249. The Balaban J connectivity index is 1.95. The fraction of sp³-hybridized carbons (Fsp3) is 0.857. The minimum Gasteiger partial charge on any atom is -0.481 e. The monoisotopic (exact) mass is 268 g/mol. The van der Waals surface area contributed by atoms with Gasteiger partial charge in [-0.15, -0.1) is 0 Å². The summed E-state index contributed by atoms with van der Waals surface area (Å²) in [6.45, 7) is 0.702. The van der Waals surface area contributed by atoms with E-state index in [4.69, 9.17) is 5.11 Å². The molecule has 1 unspecified atom stereocenters. The van der Waals surface area contributed by atoms with Crippen molar-refractivity contribution < 1.29 is 14.7 Å². The van der Waals surface area contributed by atoms with Gasteiger partial charge < -0.3 is 14.9 Å². The van der Waals surface area contributed by atoms with Crippen LogP contribution >= 0.6 is 0 Å². The highest BCUT2D eigenvalue weighted by Gasteiger charge is 2.34. The summed E-state index contributed by atoms with van der Waals surface area (Å²) in [5.74, 6) is -0.815. The Morgan fingerprint density at radius 2 is 1.84 bits per heavy atom. The van der Waals surface area contributed by atoms with Crippen LogP contribution in [0.3, 0.4) is 0 Å². The van der Waals surface area contributed by atoms with Gasteiger partial charge in [0.15, 0.2) is 0 Å². The van der Waals surface area contributed by atoms with Gasteiger partial charge in [0.1, 0.15) is 0 Å². The van der Waals surface area contributed by atoms with E-state index >= 15 is 0 Å². The molecule has 0 spiro atoms. The number of carboxylic acid groups (broad SMARTS) is 1. The van der Waals surface area contributed by atoms with Gasteiger partial charge in [-0.3, -0.25) is 4.79 Å². The Morgan fingerprint density at radius 3 is 2.47 bits per heavy atom. The number of rotatable bonds is 3. The average Bonchev–Trinajstić information content (AvgIpc) is 2.85. The molecule has 19 heavy (non-hydrogen) atoms. The van der Waals surface area contributed by atoms with Crippen LogP contribution in [-0.4, -0.2) is 52.6 Å². The highest BCUT2D eigenvalue weighted by Crippen LogP contribution is 2.26. The number of nitrogens with zero attached hydrogens (tertiary/aromatic N) is 2. The first-order valence-electron chi connectivity index (χ1n) is 7.35. The van der Waals surface area contributed by atoms with E-state index in [1.54, 1.807) is 4.90 Å². The Hall–Kier alpha value is -1.26. The topological polar surface area (TPSA) is 60.9 Å². The first-order chi connectivity index (χ1) is 9.09. The van der Waals surface area contributed by atoms with Crippen molar-refractivity contribution in [3.63, 3.8) is 0 Å². The Bertz CT molecular complexity index is 340. The third-order valence-electron chi connectivity index (χ3n) is 4.46. The third-order valence-corrected chi connectivity index (χ3v) is 4.46. The molecule has 1 saturated carbocycles. The standard InChI is InChI=1S/C14H24N2O3/c1-15(11-6-3-2-4-7-11)14(19)16-9-5-8-12(16)10-13(17)18/h11-12H,2-10H2,1H3,(H,17,18). The molecular formula is C14H24N2O3. The maximum atomic E-state index is 12.5. The number of hydrogen-bond donors (Lipinski definition) is 1. The molecule has 5 nitrogen and oxygen atoms in total. The SMILES string of the molecule is CN(C(=O)N1CCCC1CC(=O)O)C1CCCCC1. The normalized spacial score (nSPS) is 24.5. The molecule has 5 heteroatoms. The highest BCUT2D eigenvalue weighted by molar-refractivity contribution is 5.76. The molecule has 1 heterocycles. The third kappa shape index (κ3) is 3.39. The van der Waals surface area contributed by atoms with Crippen LogP contribution in [0.1, 0.15) is 51.4 Å². The first kappa shape index (κ1) is 14.2. The van der Waals surface area contributed by atoms with Crippen LogP contribution in [0.4, 0.5) is 4.79 Å². The van der Waals surface area contributed by atoms with Gasteiger partial charge in [-0.25, -0.2) is 4.79 Å². The Labute approximate surface area is 114 Å². The lowest BCUT2D eigenvalue weighted by atomic mass is 9.95. The van der Waals surface area contributed by atoms with Gasteiger partial charge in [0, 0.05) is 25.7 Å². The second-order valence-corrected chi connectivity index (χ2v) is 5.77. The Kier molecular flexibility index (Phi) is 4.66. The van der Waals surface area contributed by atoms with Crippen molar-refractivity contribution in [2.24, 2.45) is 0 Å². The van der Waals surface area contributed by atoms with Crippen LogP contribution in [0.5, 0.6) is 0 Å². The highest BCUT2D eigenvalue weighted by atomic mass is 16.4. The minimum absolute atomic E-state index is 0.0238. The van der Waals surface area contributed by atoms with Gasteiger partial charge in [0.2, 0.25) is 0 Å². The largest absolute Gasteiger partial charge is 0.481 e. The van der Waals surface area contributed by atoms with Crippen molar-refractivity contribution in [3.05, 3.63) is 0 Å². The smallest absolute Gasteiger partial charge is 0.320 e. The lowest BCUT2D eigenvalue weighted by molar-refractivity contribution is -0.138. The zero-order valence-electron chi connectivity index (χ0n) is 11.7. The van der Waals surface area contributed by atoms with Gasteiger partial charge in [-0.05, 0) is 25.7 Å². The molecule has 0 aromatic heterocycles. The van der Waals surface area contributed by atoms with E-state index in [9.17, 15) is 9.59 Å². The number of carbonyl (C=O) groups is 2.